The van der Waals surface area contributed by atoms with Gasteiger partial charge in [0.05, 0.1) is 18.4 Å². The van der Waals surface area contributed by atoms with Crippen molar-refractivity contribution < 1.29 is 9.59 Å². The summed E-state index contributed by atoms with van der Waals surface area (Å²) in [5.41, 5.74) is 6.53. The van der Waals surface area contributed by atoms with Gasteiger partial charge in [-0.2, -0.15) is 5.10 Å². The lowest BCUT2D eigenvalue weighted by atomic mass is 9.94. The molecule has 1 aromatic heterocycles. The van der Waals surface area contributed by atoms with E-state index in [9.17, 15) is 9.59 Å². The van der Waals surface area contributed by atoms with E-state index >= 15 is 0 Å². The Morgan fingerprint density at radius 3 is 2.54 bits per heavy atom. The summed E-state index contributed by atoms with van der Waals surface area (Å²) in [6, 6.07) is 9.98. The molecule has 8 heteroatoms. The van der Waals surface area contributed by atoms with E-state index in [0.717, 1.165) is 12.0 Å². The van der Waals surface area contributed by atoms with E-state index in [-0.39, 0.29) is 23.6 Å². The minimum atomic E-state index is -0.599. The number of hydrazone groups is 1. The third kappa shape index (κ3) is 3.58. The molecule has 0 spiro atoms. The highest BCUT2D eigenvalue weighted by Crippen LogP contribution is 2.32. The molecule has 1 fully saturated rings. The summed E-state index contributed by atoms with van der Waals surface area (Å²) in [5.74, 6) is 0.00559. The van der Waals surface area contributed by atoms with Gasteiger partial charge < -0.3 is 10.6 Å². The molecule has 2 aliphatic heterocycles. The molecule has 0 radical (unpaired) electrons. The first-order valence-corrected chi connectivity index (χ1v) is 9.40. The molecule has 28 heavy (non-hydrogen) atoms. The molecule has 1 aromatic carbocycles. The number of piperidine rings is 1. The molecule has 2 aliphatic rings. The van der Waals surface area contributed by atoms with Crippen LogP contribution in [0.3, 0.4) is 0 Å². The Morgan fingerprint density at radius 1 is 1.07 bits per heavy atom. The Morgan fingerprint density at radius 2 is 1.82 bits per heavy atom. The second kappa shape index (κ2) is 7.75. The SMILES string of the molecule is NC(=O)c1cncc(N2CCC(C(=O)N3N=CCC3c3ccccc3)CC2)n1. The predicted molar refractivity (Wildman–Crippen MR) is 105 cm³/mol. The number of aromatic nitrogens is 2. The molecule has 144 valence electrons. The van der Waals surface area contributed by atoms with Gasteiger partial charge in [0.2, 0.25) is 5.91 Å². The fraction of sp³-hybridized carbons (Fsp3) is 0.350. The van der Waals surface area contributed by atoms with Crippen molar-refractivity contribution in [2.24, 2.45) is 16.8 Å². The van der Waals surface area contributed by atoms with Crippen LogP contribution in [0.15, 0.2) is 47.8 Å². The fourth-order valence-electron chi connectivity index (χ4n) is 3.75. The molecule has 2 amide bonds. The van der Waals surface area contributed by atoms with E-state index in [4.69, 9.17) is 5.73 Å². The number of amides is 2. The Hall–Kier alpha value is -3.29. The number of nitrogens with zero attached hydrogens (tertiary/aromatic N) is 5. The van der Waals surface area contributed by atoms with Crippen molar-refractivity contribution in [1.82, 2.24) is 15.0 Å². The molecule has 8 nitrogen and oxygen atoms in total. The van der Waals surface area contributed by atoms with Crippen LogP contribution in [0.25, 0.3) is 0 Å². The maximum absolute atomic E-state index is 13.1. The maximum Gasteiger partial charge on any atom is 0.268 e. The number of nitrogens with two attached hydrogens (primary N) is 1. The van der Waals surface area contributed by atoms with E-state index < -0.39 is 5.91 Å². The van der Waals surface area contributed by atoms with Gasteiger partial charge in [-0.3, -0.25) is 14.6 Å². The van der Waals surface area contributed by atoms with Crippen molar-refractivity contribution in [2.45, 2.75) is 25.3 Å². The fourth-order valence-corrected chi connectivity index (χ4v) is 3.75. The first-order valence-electron chi connectivity index (χ1n) is 9.40. The molecule has 0 saturated carbocycles. The lowest BCUT2D eigenvalue weighted by Crippen LogP contribution is -2.41. The zero-order chi connectivity index (χ0) is 19.5. The number of benzene rings is 1. The van der Waals surface area contributed by atoms with E-state index in [1.54, 1.807) is 11.2 Å². The van der Waals surface area contributed by atoms with Crippen LogP contribution < -0.4 is 10.6 Å². The normalized spacial score (nSPS) is 19.8. The Kier molecular flexibility index (Phi) is 5.01. The van der Waals surface area contributed by atoms with Crippen LogP contribution in [0.4, 0.5) is 5.82 Å². The van der Waals surface area contributed by atoms with Gasteiger partial charge in [0.25, 0.3) is 5.91 Å². The van der Waals surface area contributed by atoms with Gasteiger partial charge >= 0.3 is 0 Å². The lowest BCUT2D eigenvalue weighted by molar-refractivity contribution is -0.138. The first kappa shape index (κ1) is 18.1. The van der Waals surface area contributed by atoms with Crippen molar-refractivity contribution in [3.05, 3.63) is 54.0 Å². The third-order valence-corrected chi connectivity index (χ3v) is 5.28. The highest BCUT2D eigenvalue weighted by Gasteiger charge is 2.34. The van der Waals surface area contributed by atoms with Crippen LogP contribution in [0.2, 0.25) is 0 Å². The van der Waals surface area contributed by atoms with Crippen molar-refractivity contribution in [3.8, 4) is 0 Å². The minimum absolute atomic E-state index is 0.0233. The number of hydrogen-bond acceptors (Lipinski definition) is 6. The Bertz CT molecular complexity index is 893. The number of hydrogen-bond donors (Lipinski definition) is 1. The molecule has 1 unspecified atom stereocenters. The molecule has 2 aromatic rings. The molecule has 0 aliphatic carbocycles. The van der Waals surface area contributed by atoms with Crippen LogP contribution >= 0.6 is 0 Å². The average Bonchev–Trinajstić information content (AvgIpc) is 3.24. The van der Waals surface area contributed by atoms with E-state index in [1.807, 2.05) is 41.4 Å². The number of primary amides is 1. The van der Waals surface area contributed by atoms with Crippen molar-refractivity contribution in [3.63, 3.8) is 0 Å². The topological polar surface area (TPSA) is 105 Å². The number of anilines is 1. The molecule has 1 atom stereocenters. The van der Waals surface area contributed by atoms with E-state index in [1.165, 1.54) is 6.20 Å². The predicted octanol–water partition coefficient (Wildman–Crippen LogP) is 1.75. The Labute approximate surface area is 163 Å². The van der Waals surface area contributed by atoms with Gasteiger partial charge in [-0.1, -0.05) is 30.3 Å². The van der Waals surface area contributed by atoms with Crippen LogP contribution in [-0.2, 0) is 4.79 Å². The van der Waals surface area contributed by atoms with Crippen LogP contribution in [0.1, 0.15) is 41.4 Å². The van der Waals surface area contributed by atoms with Crippen molar-refractivity contribution >= 4 is 23.8 Å². The highest BCUT2D eigenvalue weighted by atomic mass is 16.2. The Balaban J connectivity index is 1.41. The number of carbonyl (C=O) groups excluding carboxylic acids is 2. The summed E-state index contributed by atoms with van der Waals surface area (Å²) in [6.07, 6.45) is 6.94. The molecule has 4 rings (SSSR count). The third-order valence-electron chi connectivity index (χ3n) is 5.28. The summed E-state index contributed by atoms with van der Waals surface area (Å²) in [4.78, 5) is 34.7. The van der Waals surface area contributed by atoms with Gasteiger partial charge in [0.1, 0.15) is 11.5 Å². The van der Waals surface area contributed by atoms with Crippen LogP contribution in [0.5, 0.6) is 0 Å². The molecule has 3 heterocycles. The first-order chi connectivity index (χ1) is 13.6. The van der Waals surface area contributed by atoms with Gasteiger partial charge in [-0.05, 0) is 18.4 Å². The zero-order valence-electron chi connectivity index (χ0n) is 15.4. The molecular formula is C20H22N6O2. The summed E-state index contributed by atoms with van der Waals surface area (Å²) >= 11 is 0. The van der Waals surface area contributed by atoms with E-state index in [0.29, 0.717) is 31.7 Å². The molecule has 2 N–H and O–H groups in total. The standard InChI is InChI=1S/C20H22N6O2/c21-19(27)16-12-22-13-18(24-16)25-10-7-15(8-11-25)20(28)26-17(6-9-23-26)14-4-2-1-3-5-14/h1-5,9,12-13,15,17H,6-8,10-11H2,(H2,21,27). The summed E-state index contributed by atoms with van der Waals surface area (Å²) in [5, 5.41) is 5.99. The van der Waals surface area contributed by atoms with Gasteiger partial charge in [-0.25, -0.2) is 9.99 Å². The second-order valence-corrected chi connectivity index (χ2v) is 7.03. The van der Waals surface area contributed by atoms with Gasteiger partial charge in [-0.15, -0.1) is 0 Å². The van der Waals surface area contributed by atoms with Crippen LogP contribution in [-0.4, -0.2) is 46.1 Å². The quantitative estimate of drug-likeness (QED) is 0.873. The highest BCUT2D eigenvalue weighted by molar-refractivity contribution is 5.90. The summed E-state index contributed by atoms with van der Waals surface area (Å²) < 4.78 is 0. The summed E-state index contributed by atoms with van der Waals surface area (Å²) in [6.45, 7) is 1.34. The second-order valence-electron chi connectivity index (χ2n) is 7.03. The van der Waals surface area contributed by atoms with Crippen LogP contribution in [0, 0.1) is 5.92 Å². The smallest absolute Gasteiger partial charge is 0.268 e. The monoisotopic (exact) mass is 378 g/mol. The molecule has 0 bridgehead atoms. The average molecular weight is 378 g/mol. The minimum Gasteiger partial charge on any atom is -0.364 e. The summed E-state index contributed by atoms with van der Waals surface area (Å²) in [7, 11) is 0. The number of rotatable bonds is 4. The van der Waals surface area contributed by atoms with Crippen molar-refractivity contribution in [2.75, 3.05) is 18.0 Å². The van der Waals surface area contributed by atoms with Gasteiger partial charge in [0, 0.05) is 31.6 Å². The largest absolute Gasteiger partial charge is 0.364 e. The number of carbonyl (C=O) groups is 2. The van der Waals surface area contributed by atoms with E-state index in [2.05, 4.69) is 15.1 Å². The molecular weight excluding hydrogens is 356 g/mol. The maximum atomic E-state index is 13.1. The molecule has 1 saturated heterocycles. The zero-order valence-corrected chi connectivity index (χ0v) is 15.4. The lowest BCUT2D eigenvalue weighted by Gasteiger charge is -2.34. The van der Waals surface area contributed by atoms with Gasteiger partial charge in [0.15, 0.2) is 0 Å². The van der Waals surface area contributed by atoms with Crippen molar-refractivity contribution in [1.29, 1.82) is 0 Å².